The Hall–Kier alpha value is -0.310. The first-order chi connectivity index (χ1) is 7.50. The molecule has 6 nitrogen and oxygen atoms in total. The van der Waals surface area contributed by atoms with Crippen LogP contribution in [0.4, 0.5) is 4.39 Å². The SMILES string of the molecule is OC1C(O)C(O)[C@H](O)C(OCCCF)C1O. The van der Waals surface area contributed by atoms with E-state index in [1.807, 2.05) is 0 Å². The second-order valence-corrected chi connectivity index (χ2v) is 3.83. The maximum absolute atomic E-state index is 11.8. The monoisotopic (exact) mass is 240 g/mol. The van der Waals surface area contributed by atoms with Gasteiger partial charge in [-0.2, -0.15) is 0 Å². The Bertz CT molecular complexity index is 200. The summed E-state index contributed by atoms with van der Waals surface area (Å²) >= 11 is 0. The van der Waals surface area contributed by atoms with Crippen molar-refractivity contribution in [3.05, 3.63) is 0 Å². The zero-order valence-electron chi connectivity index (χ0n) is 8.61. The van der Waals surface area contributed by atoms with Crippen molar-refractivity contribution in [1.82, 2.24) is 0 Å². The predicted molar refractivity (Wildman–Crippen MR) is 50.4 cm³/mol. The standard InChI is InChI=1S/C9H17FO6/c10-2-1-3-16-9-7(14)5(12)4(11)6(13)8(9)15/h4-9,11-15H,1-3H2/t4?,5?,6?,7-,8?,9?/m0/s1. The highest BCUT2D eigenvalue weighted by molar-refractivity contribution is 4.99. The summed E-state index contributed by atoms with van der Waals surface area (Å²) in [5.74, 6) is 0. The van der Waals surface area contributed by atoms with Crippen molar-refractivity contribution in [2.75, 3.05) is 13.3 Å². The van der Waals surface area contributed by atoms with Crippen molar-refractivity contribution in [2.45, 2.75) is 43.0 Å². The summed E-state index contributed by atoms with van der Waals surface area (Å²) in [4.78, 5) is 0. The van der Waals surface area contributed by atoms with E-state index in [4.69, 9.17) is 4.74 Å². The fourth-order valence-electron chi connectivity index (χ4n) is 1.67. The Balaban J connectivity index is 2.60. The minimum atomic E-state index is -1.63. The van der Waals surface area contributed by atoms with Crippen LogP contribution in [0.3, 0.4) is 0 Å². The zero-order chi connectivity index (χ0) is 12.3. The second-order valence-electron chi connectivity index (χ2n) is 3.83. The van der Waals surface area contributed by atoms with Crippen LogP contribution in [0.1, 0.15) is 6.42 Å². The number of halogens is 1. The van der Waals surface area contributed by atoms with Crippen LogP contribution in [0.5, 0.6) is 0 Å². The Morgan fingerprint density at radius 2 is 1.25 bits per heavy atom. The van der Waals surface area contributed by atoms with Gasteiger partial charge in [0.15, 0.2) is 0 Å². The minimum Gasteiger partial charge on any atom is -0.387 e. The largest absolute Gasteiger partial charge is 0.387 e. The van der Waals surface area contributed by atoms with Gasteiger partial charge in [0.05, 0.1) is 6.67 Å². The van der Waals surface area contributed by atoms with Gasteiger partial charge in [-0.1, -0.05) is 0 Å². The Morgan fingerprint density at radius 1 is 0.812 bits per heavy atom. The first-order valence-electron chi connectivity index (χ1n) is 5.08. The average Bonchev–Trinajstić information content (AvgIpc) is 2.28. The van der Waals surface area contributed by atoms with E-state index in [1.54, 1.807) is 0 Å². The lowest BCUT2D eigenvalue weighted by Crippen LogP contribution is -2.64. The first-order valence-corrected chi connectivity index (χ1v) is 5.08. The molecule has 6 atom stereocenters. The molecule has 0 heterocycles. The molecule has 96 valence electrons. The van der Waals surface area contributed by atoms with Gasteiger partial charge in [0.25, 0.3) is 0 Å². The molecule has 16 heavy (non-hydrogen) atoms. The lowest BCUT2D eigenvalue weighted by Gasteiger charge is -2.41. The minimum absolute atomic E-state index is 0.0508. The summed E-state index contributed by atoms with van der Waals surface area (Å²) in [6.07, 6.45) is -9.03. The van der Waals surface area contributed by atoms with Crippen LogP contribution in [0, 0.1) is 0 Å². The molecule has 1 rings (SSSR count). The fraction of sp³-hybridized carbons (Fsp3) is 1.00. The van der Waals surface area contributed by atoms with Crippen LogP contribution < -0.4 is 0 Å². The van der Waals surface area contributed by atoms with Gasteiger partial charge in [-0.15, -0.1) is 0 Å². The van der Waals surface area contributed by atoms with E-state index >= 15 is 0 Å². The summed E-state index contributed by atoms with van der Waals surface area (Å²) in [6, 6.07) is 0. The summed E-state index contributed by atoms with van der Waals surface area (Å²) in [7, 11) is 0. The lowest BCUT2D eigenvalue weighted by atomic mass is 9.85. The van der Waals surface area contributed by atoms with Crippen LogP contribution in [-0.2, 0) is 4.74 Å². The highest BCUT2D eigenvalue weighted by Gasteiger charge is 2.48. The van der Waals surface area contributed by atoms with Gasteiger partial charge in [-0.05, 0) is 6.42 Å². The second kappa shape index (κ2) is 5.85. The summed E-state index contributed by atoms with van der Waals surface area (Å²) in [5, 5.41) is 46.9. The van der Waals surface area contributed by atoms with E-state index in [-0.39, 0.29) is 13.0 Å². The molecule has 1 aliphatic carbocycles. The van der Waals surface area contributed by atoms with Crippen molar-refractivity contribution in [3.8, 4) is 0 Å². The first kappa shape index (κ1) is 13.8. The molecule has 5 unspecified atom stereocenters. The molecule has 0 radical (unpaired) electrons. The fourth-order valence-corrected chi connectivity index (χ4v) is 1.67. The molecule has 0 saturated heterocycles. The van der Waals surface area contributed by atoms with Crippen LogP contribution in [0.25, 0.3) is 0 Å². The zero-order valence-corrected chi connectivity index (χ0v) is 8.61. The molecule has 1 fully saturated rings. The lowest BCUT2D eigenvalue weighted by molar-refractivity contribution is -0.235. The van der Waals surface area contributed by atoms with Crippen molar-refractivity contribution < 1.29 is 34.7 Å². The topological polar surface area (TPSA) is 110 Å². The Morgan fingerprint density at radius 3 is 1.69 bits per heavy atom. The van der Waals surface area contributed by atoms with E-state index in [2.05, 4.69) is 0 Å². The van der Waals surface area contributed by atoms with Gasteiger partial charge in [0.2, 0.25) is 0 Å². The molecule has 0 amide bonds. The number of aliphatic hydroxyl groups excluding tert-OH is 5. The van der Waals surface area contributed by atoms with E-state index < -0.39 is 43.3 Å². The number of aliphatic hydroxyl groups is 5. The normalized spacial score (nSPS) is 44.6. The molecular formula is C9H17FO6. The number of ether oxygens (including phenoxy) is 1. The van der Waals surface area contributed by atoms with Crippen LogP contribution >= 0.6 is 0 Å². The van der Waals surface area contributed by atoms with E-state index in [0.29, 0.717) is 0 Å². The molecule has 0 spiro atoms. The Kier molecular flexibility index (Phi) is 5.03. The van der Waals surface area contributed by atoms with E-state index in [0.717, 1.165) is 0 Å². The molecule has 0 aromatic rings. The molecule has 7 heteroatoms. The van der Waals surface area contributed by atoms with Gasteiger partial charge in [0.1, 0.15) is 36.6 Å². The number of hydrogen-bond donors (Lipinski definition) is 5. The van der Waals surface area contributed by atoms with Crippen molar-refractivity contribution in [3.63, 3.8) is 0 Å². The molecule has 5 N–H and O–H groups in total. The third-order valence-corrected chi connectivity index (χ3v) is 2.66. The summed E-state index contributed by atoms with van der Waals surface area (Å²) in [5.41, 5.74) is 0. The van der Waals surface area contributed by atoms with Crippen molar-refractivity contribution >= 4 is 0 Å². The molecular weight excluding hydrogens is 223 g/mol. The summed E-state index contributed by atoms with van der Waals surface area (Å²) < 4.78 is 16.8. The van der Waals surface area contributed by atoms with Gasteiger partial charge >= 0.3 is 0 Å². The average molecular weight is 240 g/mol. The maximum Gasteiger partial charge on any atom is 0.114 e. The van der Waals surface area contributed by atoms with Crippen LogP contribution in [-0.4, -0.2) is 75.4 Å². The van der Waals surface area contributed by atoms with Gasteiger partial charge < -0.3 is 30.3 Å². The maximum atomic E-state index is 11.8. The highest BCUT2D eigenvalue weighted by atomic mass is 19.1. The van der Waals surface area contributed by atoms with Crippen LogP contribution in [0.2, 0.25) is 0 Å². The number of alkyl halides is 1. The molecule has 0 aliphatic heterocycles. The third kappa shape index (κ3) is 2.68. The van der Waals surface area contributed by atoms with Crippen LogP contribution in [0.15, 0.2) is 0 Å². The number of rotatable bonds is 4. The molecule has 0 aromatic carbocycles. The molecule has 0 bridgehead atoms. The molecule has 1 aliphatic rings. The Labute approximate surface area is 91.9 Å². The summed E-state index contributed by atoms with van der Waals surface area (Å²) in [6.45, 7) is -0.655. The molecule has 0 aromatic heterocycles. The van der Waals surface area contributed by atoms with Gasteiger partial charge in [-0.3, -0.25) is 4.39 Å². The smallest absolute Gasteiger partial charge is 0.114 e. The highest BCUT2D eigenvalue weighted by Crippen LogP contribution is 2.23. The van der Waals surface area contributed by atoms with Gasteiger partial charge in [-0.25, -0.2) is 0 Å². The quantitative estimate of drug-likeness (QED) is 0.349. The third-order valence-electron chi connectivity index (χ3n) is 2.66. The number of hydrogen-bond acceptors (Lipinski definition) is 6. The predicted octanol–water partition coefficient (Wildman–Crippen LogP) is -2.45. The van der Waals surface area contributed by atoms with E-state index in [9.17, 15) is 29.9 Å². The van der Waals surface area contributed by atoms with Crippen molar-refractivity contribution in [1.29, 1.82) is 0 Å². The van der Waals surface area contributed by atoms with Crippen molar-refractivity contribution in [2.24, 2.45) is 0 Å². The van der Waals surface area contributed by atoms with Gasteiger partial charge in [0, 0.05) is 6.61 Å². The molecule has 1 saturated carbocycles. The van der Waals surface area contributed by atoms with E-state index in [1.165, 1.54) is 0 Å².